The number of rotatable bonds is 7. The van der Waals surface area contributed by atoms with Crippen LogP contribution in [0.15, 0.2) is 46.1 Å². The second kappa shape index (κ2) is 10.1. The molecule has 10 heteroatoms. The maximum atomic E-state index is 5.20. The number of ether oxygens (including phenoxy) is 1. The highest BCUT2D eigenvalue weighted by Crippen LogP contribution is 2.19. The monoisotopic (exact) mass is 424 g/mol. The number of hydrogen-bond acceptors (Lipinski definition) is 7. The summed E-state index contributed by atoms with van der Waals surface area (Å²) < 4.78 is 10.1. The fourth-order valence-corrected chi connectivity index (χ4v) is 3.48. The van der Waals surface area contributed by atoms with Gasteiger partial charge in [-0.1, -0.05) is 5.16 Å². The number of aromatic amines is 1. The number of benzene rings is 1. The van der Waals surface area contributed by atoms with Crippen molar-refractivity contribution in [2.45, 2.75) is 20.0 Å². The average Bonchev–Trinajstić information content (AvgIpc) is 3.50. The van der Waals surface area contributed by atoms with E-state index in [1.807, 2.05) is 30.3 Å². The van der Waals surface area contributed by atoms with E-state index < -0.39 is 0 Å². The normalized spacial score (nSPS) is 15.3. The van der Waals surface area contributed by atoms with Crippen molar-refractivity contribution < 1.29 is 9.26 Å². The van der Waals surface area contributed by atoms with Gasteiger partial charge in [-0.05, 0) is 31.2 Å². The average molecular weight is 425 g/mol. The highest BCUT2D eigenvalue weighted by molar-refractivity contribution is 5.80. The largest absolute Gasteiger partial charge is 0.497 e. The maximum Gasteiger partial charge on any atom is 0.194 e. The first-order chi connectivity index (χ1) is 15.2. The first-order valence-electron chi connectivity index (χ1n) is 10.5. The number of aromatic nitrogens is 4. The standard InChI is InChI=1S/C21H28N8O2/c1-3-22-21(29-11-9-28(10-12-29)15-17-8-13-31-27-17)23-14-19-24-20(26-25-19)16-4-6-18(30-2)7-5-16/h4-8,13H,3,9-12,14-15H2,1-2H3,(H,22,23)(H,24,25,26). The van der Waals surface area contributed by atoms with Gasteiger partial charge in [0, 0.05) is 50.9 Å². The Bertz CT molecular complexity index is 960. The fourth-order valence-electron chi connectivity index (χ4n) is 3.48. The van der Waals surface area contributed by atoms with Crippen LogP contribution in [0.3, 0.4) is 0 Å². The van der Waals surface area contributed by atoms with Crippen molar-refractivity contribution in [1.29, 1.82) is 0 Å². The number of nitrogens with zero attached hydrogens (tertiary/aromatic N) is 6. The number of methoxy groups -OCH3 is 1. The topological polar surface area (TPSA) is 108 Å². The molecule has 0 atom stereocenters. The summed E-state index contributed by atoms with van der Waals surface area (Å²) in [5, 5.41) is 14.7. The van der Waals surface area contributed by atoms with Crippen LogP contribution in [0.2, 0.25) is 0 Å². The van der Waals surface area contributed by atoms with Crippen LogP contribution in [0.5, 0.6) is 5.75 Å². The number of hydrogen-bond donors (Lipinski definition) is 2. The molecule has 1 saturated heterocycles. The van der Waals surface area contributed by atoms with Crippen LogP contribution in [-0.4, -0.2) is 75.9 Å². The van der Waals surface area contributed by atoms with Gasteiger partial charge in [0.05, 0.1) is 12.8 Å². The van der Waals surface area contributed by atoms with E-state index in [-0.39, 0.29) is 0 Å². The van der Waals surface area contributed by atoms with Gasteiger partial charge in [0.25, 0.3) is 0 Å². The molecular formula is C21H28N8O2. The molecule has 0 bridgehead atoms. The van der Waals surface area contributed by atoms with Crippen LogP contribution in [0.1, 0.15) is 18.4 Å². The van der Waals surface area contributed by atoms with Gasteiger partial charge >= 0.3 is 0 Å². The zero-order valence-electron chi connectivity index (χ0n) is 17.9. The molecule has 164 valence electrons. The second-order valence-corrected chi connectivity index (χ2v) is 7.26. The third-order valence-corrected chi connectivity index (χ3v) is 5.14. The molecule has 0 spiro atoms. The van der Waals surface area contributed by atoms with Crippen molar-refractivity contribution in [2.24, 2.45) is 4.99 Å². The van der Waals surface area contributed by atoms with E-state index in [9.17, 15) is 0 Å². The van der Waals surface area contributed by atoms with Crippen molar-refractivity contribution in [3.63, 3.8) is 0 Å². The van der Waals surface area contributed by atoms with Crippen molar-refractivity contribution in [3.05, 3.63) is 48.1 Å². The predicted molar refractivity (Wildman–Crippen MR) is 117 cm³/mol. The van der Waals surface area contributed by atoms with Crippen molar-refractivity contribution in [3.8, 4) is 17.1 Å². The molecule has 0 amide bonds. The third-order valence-electron chi connectivity index (χ3n) is 5.14. The van der Waals surface area contributed by atoms with Gasteiger partial charge in [-0.3, -0.25) is 10.00 Å². The van der Waals surface area contributed by atoms with Crippen molar-refractivity contribution in [1.82, 2.24) is 35.5 Å². The molecule has 1 aromatic carbocycles. The smallest absolute Gasteiger partial charge is 0.194 e. The summed E-state index contributed by atoms with van der Waals surface area (Å²) in [4.78, 5) is 14.0. The fraction of sp³-hybridized carbons (Fsp3) is 0.429. The van der Waals surface area contributed by atoms with Gasteiger partial charge in [0.15, 0.2) is 11.8 Å². The van der Waals surface area contributed by atoms with Crippen molar-refractivity contribution >= 4 is 5.96 Å². The van der Waals surface area contributed by atoms with Crippen LogP contribution >= 0.6 is 0 Å². The van der Waals surface area contributed by atoms with Crippen molar-refractivity contribution in [2.75, 3.05) is 39.8 Å². The highest BCUT2D eigenvalue weighted by atomic mass is 16.5. The van der Waals surface area contributed by atoms with E-state index in [1.54, 1.807) is 13.4 Å². The van der Waals surface area contributed by atoms with E-state index in [4.69, 9.17) is 14.3 Å². The lowest BCUT2D eigenvalue weighted by Gasteiger charge is -2.36. The molecule has 4 rings (SSSR count). The lowest BCUT2D eigenvalue weighted by molar-refractivity contribution is 0.169. The Kier molecular flexibility index (Phi) is 6.78. The Morgan fingerprint density at radius 3 is 2.68 bits per heavy atom. The summed E-state index contributed by atoms with van der Waals surface area (Å²) in [6.45, 7) is 7.82. The Morgan fingerprint density at radius 1 is 1.19 bits per heavy atom. The molecule has 3 aromatic rings. The summed E-state index contributed by atoms with van der Waals surface area (Å²) in [6, 6.07) is 9.59. The minimum Gasteiger partial charge on any atom is -0.497 e. The van der Waals surface area contributed by atoms with Gasteiger partial charge in [0.1, 0.15) is 24.4 Å². The Morgan fingerprint density at radius 2 is 2.00 bits per heavy atom. The van der Waals surface area contributed by atoms with Crippen LogP contribution < -0.4 is 10.1 Å². The Balaban J connectivity index is 1.35. The third kappa shape index (κ3) is 5.40. The Labute approximate surface area is 181 Å². The zero-order chi connectivity index (χ0) is 21.5. The number of nitrogens with one attached hydrogen (secondary N) is 2. The molecule has 1 aliphatic heterocycles. The molecule has 0 aliphatic carbocycles. The first kappa shape index (κ1) is 20.9. The van der Waals surface area contributed by atoms with E-state index >= 15 is 0 Å². The van der Waals surface area contributed by atoms with Gasteiger partial charge in [0.2, 0.25) is 0 Å². The summed E-state index contributed by atoms with van der Waals surface area (Å²) >= 11 is 0. The molecule has 1 fully saturated rings. The Hall–Kier alpha value is -3.40. The molecule has 0 radical (unpaired) electrons. The van der Waals surface area contributed by atoms with E-state index in [2.05, 4.69) is 42.4 Å². The number of aliphatic imine (C=N–C) groups is 1. The molecule has 10 nitrogen and oxygen atoms in total. The summed E-state index contributed by atoms with van der Waals surface area (Å²) in [5.74, 6) is 3.08. The van der Waals surface area contributed by atoms with E-state index in [1.165, 1.54) is 0 Å². The molecule has 2 aromatic heterocycles. The van der Waals surface area contributed by atoms with Gasteiger partial charge in [-0.25, -0.2) is 9.98 Å². The van der Waals surface area contributed by atoms with Gasteiger partial charge < -0.3 is 19.5 Å². The highest BCUT2D eigenvalue weighted by Gasteiger charge is 2.20. The molecule has 1 aliphatic rings. The number of H-pyrrole nitrogens is 1. The molecule has 31 heavy (non-hydrogen) atoms. The predicted octanol–water partition coefficient (Wildman–Crippen LogP) is 1.75. The second-order valence-electron chi connectivity index (χ2n) is 7.26. The van der Waals surface area contributed by atoms with Crippen LogP contribution in [0.25, 0.3) is 11.4 Å². The number of guanidine groups is 1. The lowest BCUT2D eigenvalue weighted by Crippen LogP contribution is -2.52. The minimum absolute atomic E-state index is 0.435. The first-order valence-corrected chi connectivity index (χ1v) is 10.5. The quantitative estimate of drug-likeness (QED) is 0.436. The number of piperazine rings is 1. The summed E-state index contributed by atoms with van der Waals surface area (Å²) in [5.41, 5.74) is 1.90. The minimum atomic E-state index is 0.435. The molecular weight excluding hydrogens is 396 g/mol. The zero-order valence-corrected chi connectivity index (χ0v) is 17.9. The van der Waals surface area contributed by atoms with Gasteiger partial charge in [-0.2, -0.15) is 5.10 Å². The SMILES string of the molecule is CCNC(=NCc1nc(-c2ccc(OC)cc2)n[nH]1)N1CCN(Cc2ccon2)CC1. The van der Waals surface area contributed by atoms with Crippen LogP contribution in [0.4, 0.5) is 0 Å². The molecule has 0 saturated carbocycles. The molecule has 3 heterocycles. The molecule has 0 unspecified atom stereocenters. The molecule has 2 N–H and O–H groups in total. The van der Waals surface area contributed by atoms with Crippen LogP contribution in [0, 0.1) is 0 Å². The summed E-state index contributed by atoms with van der Waals surface area (Å²) in [6.07, 6.45) is 1.62. The maximum absolute atomic E-state index is 5.20. The van der Waals surface area contributed by atoms with E-state index in [0.717, 1.165) is 68.1 Å². The van der Waals surface area contributed by atoms with Crippen LogP contribution in [-0.2, 0) is 13.1 Å². The lowest BCUT2D eigenvalue weighted by atomic mass is 10.2. The summed E-state index contributed by atoms with van der Waals surface area (Å²) in [7, 11) is 1.65. The van der Waals surface area contributed by atoms with E-state index in [0.29, 0.717) is 12.4 Å². The van der Waals surface area contributed by atoms with Gasteiger partial charge in [-0.15, -0.1) is 0 Å².